The molecule has 5 heteroatoms. The first kappa shape index (κ1) is 14.3. The van der Waals surface area contributed by atoms with Gasteiger partial charge < -0.3 is 10.6 Å². The number of hydrogen-bond acceptors (Lipinski definition) is 2. The van der Waals surface area contributed by atoms with E-state index in [1.54, 1.807) is 6.07 Å². The van der Waals surface area contributed by atoms with Gasteiger partial charge >= 0.3 is 0 Å². The Morgan fingerprint density at radius 1 is 1.53 bits per heavy atom. The number of rotatable bonds is 4. The van der Waals surface area contributed by atoms with E-state index in [-0.39, 0.29) is 10.9 Å². The van der Waals surface area contributed by atoms with Gasteiger partial charge in [0, 0.05) is 10.7 Å². The minimum absolute atomic E-state index is 0.103. The van der Waals surface area contributed by atoms with Crippen LogP contribution in [0.3, 0.4) is 0 Å². The molecule has 1 amide bonds. The van der Waals surface area contributed by atoms with E-state index in [0.717, 1.165) is 32.2 Å². The van der Waals surface area contributed by atoms with Crippen molar-refractivity contribution in [3.8, 4) is 0 Å². The highest BCUT2D eigenvalue weighted by Gasteiger charge is 2.39. The molecule has 1 fully saturated rings. The van der Waals surface area contributed by atoms with Crippen molar-refractivity contribution in [3.63, 3.8) is 0 Å². The number of hydrogen-bond donors (Lipinski definition) is 2. The lowest BCUT2D eigenvalue weighted by molar-refractivity contribution is -0.122. The third-order valence-electron chi connectivity index (χ3n) is 3.48. The third kappa shape index (κ3) is 3.25. The number of nitrogens with one attached hydrogen (secondary N) is 2. The van der Waals surface area contributed by atoms with Gasteiger partial charge in [0.25, 0.3) is 0 Å². The molecule has 19 heavy (non-hydrogen) atoms. The Labute approximate surface area is 117 Å². The lowest BCUT2D eigenvalue weighted by atomic mass is 9.91. The highest BCUT2D eigenvalue weighted by molar-refractivity contribution is 6.30. The van der Waals surface area contributed by atoms with Crippen molar-refractivity contribution in [1.82, 2.24) is 5.32 Å². The maximum atomic E-state index is 13.2. The molecule has 1 unspecified atom stereocenters. The molecular weight excluding hydrogens is 267 g/mol. The standard InChI is InChI=1S/C14H18ClFN2O/c1-2-4-14(5-3-6-17-14)13(19)18-12-8-10(15)7-11(16)9-12/h7-9,17H,2-6H2,1H3,(H,18,19). The van der Waals surface area contributed by atoms with E-state index >= 15 is 0 Å². The number of halogens is 2. The van der Waals surface area contributed by atoms with Gasteiger partial charge in [-0.2, -0.15) is 0 Å². The number of amides is 1. The zero-order valence-corrected chi connectivity index (χ0v) is 11.7. The maximum absolute atomic E-state index is 13.2. The van der Waals surface area contributed by atoms with Crippen molar-refractivity contribution in [1.29, 1.82) is 0 Å². The van der Waals surface area contributed by atoms with Gasteiger partial charge in [-0.15, -0.1) is 0 Å². The van der Waals surface area contributed by atoms with E-state index in [2.05, 4.69) is 10.6 Å². The summed E-state index contributed by atoms with van der Waals surface area (Å²) in [6.45, 7) is 2.89. The second-order valence-electron chi connectivity index (χ2n) is 4.97. The van der Waals surface area contributed by atoms with Gasteiger partial charge in [-0.3, -0.25) is 4.79 Å². The lowest BCUT2D eigenvalue weighted by Crippen LogP contribution is -2.50. The average Bonchev–Trinajstić information content (AvgIpc) is 2.78. The molecule has 0 aliphatic carbocycles. The molecular formula is C14H18ClFN2O. The monoisotopic (exact) mass is 284 g/mol. The van der Waals surface area contributed by atoms with Crippen molar-refractivity contribution in [2.24, 2.45) is 0 Å². The Morgan fingerprint density at radius 3 is 2.89 bits per heavy atom. The smallest absolute Gasteiger partial charge is 0.244 e. The summed E-state index contributed by atoms with van der Waals surface area (Å²) in [6.07, 6.45) is 3.50. The topological polar surface area (TPSA) is 41.1 Å². The van der Waals surface area contributed by atoms with E-state index in [9.17, 15) is 9.18 Å². The molecule has 1 aliphatic heterocycles. The highest BCUT2D eigenvalue weighted by atomic mass is 35.5. The molecule has 3 nitrogen and oxygen atoms in total. The maximum Gasteiger partial charge on any atom is 0.244 e. The Morgan fingerprint density at radius 2 is 2.32 bits per heavy atom. The number of anilines is 1. The van der Waals surface area contributed by atoms with Crippen LogP contribution in [-0.4, -0.2) is 18.0 Å². The fourth-order valence-corrected chi connectivity index (χ4v) is 2.85. The first-order valence-electron chi connectivity index (χ1n) is 6.58. The summed E-state index contributed by atoms with van der Waals surface area (Å²) in [5.74, 6) is -0.555. The van der Waals surface area contributed by atoms with Crippen LogP contribution in [0.1, 0.15) is 32.6 Å². The molecule has 1 saturated heterocycles. The van der Waals surface area contributed by atoms with E-state index in [4.69, 9.17) is 11.6 Å². The summed E-state index contributed by atoms with van der Waals surface area (Å²) in [4.78, 5) is 12.4. The molecule has 0 radical (unpaired) electrons. The zero-order valence-electron chi connectivity index (χ0n) is 10.9. The van der Waals surface area contributed by atoms with Crippen molar-refractivity contribution in [2.45, 2.75) is 38.1 Å². The van der Waals surface area contributed by atoms with Gasteiger partial charge in [0.1, 0.15) is 5.82 Å². The van der Waals surface area contributed by atoms with Crippen molar-refractivity contribution >= 4 is 23.2 Å². The van der Waals surface area contributed by atoms with Crippen LogP contribution in [0.15, 0.2) is 18.2 Å². The predicted octanol–water partition coefficient (Wildman–Crippen LogP) is 3.34. The van der Waals surface area contributed by atoms with Gasteiger partial charge in [-0.1, -0.05) is 24.9 Å². The molecule has 0 saturated carbocycles. The van der Waals surface area contributed by atoms with Crippen molar-refractivity contribution in [2.75, 3.05) is 11.9 Å². The molecule has 0 spiro atoms. The molecule has 1 atom stereocenters. The van der Waals surface area contributed by atoms with E-state index < -0.39 is 11.4 Å². The first-order chi connectivity index (χ1) is 9.05. The average molecular weight is 285 g/mol. The van der Waals surface area contributed by atoms with Crippen LogP contribution < -0.4 is 10.6 Å². The van der Waals surface area contributed by atoms with Crippen LogP contribution in [0, 0.1) is 5.82 Å². The van der Waals surface area contributed by atoms with E-state index in [1.165, 1.54) is 12.1 Å². The molecule has 2 N–H and O–H groups in total. The summed E-state index contributed by atoms with van der Waals surface area (Å²) in [6, 6.07) is 4.04. The molecule has 1 aliphatic rings. The van der Waals surface area contributed by atoms with Crippen LogP contribution in [0.5, 0.6) is 0 Å². The zero-order chi connectivity index (χ0) is 13.9. The quantitative estimate of drug-likeness (QED) is 0.890. The SMILES string of the molecule is CCCC1(C(=O)Nc2cc(F)cc(Cl)c2)CCCN1. The highest BCUT2D eigenvalue weighted by Crippen LogP contribution is 2.27. The lowest BCUT2D eigenvalue weighted by Gasteiger charge is -2.27. The fraction of sp³-hybridized carbons (Fsp3) is 0.500. The molecule has 1 aromatic rings. The summed E-state index contributed by atoms with van der Waals surface area (Å²) < 4.78 is 13.2. The molecule has 104 valence electrons. The number of carbonyl (C=O) groups is 1. The van der Waals surface area contributed by atoms with Crippen molar-refractivity contribution < 1.29 is 9.18 Å². The van der Waals surface area contributed by atoms with Crippen LogP contribution in [0.4, 0.5) is 10.1 Å². The molecule has 1 aromatic carbocycles. The Balaban J connectivity index is 2.14. The van der Waals surface area contributed by atoms with Gasteiger partial charge in [-0.25, -0.2) is 4.39 Å². The van der Waals surface area contributed by atoms with Gasteiger partial charge in [0.2, 0.25) is 5.91 Å². The van der Waals surface area contributed by atoms with E-state index in [1.807, 2.05) is 6.92 Å². The predicted molar refractivity (Wildman–Crippen MR) is 74.9 cm³/mol. The molecule has 0 bridgehead atoms. The minimum atomic E-state index is -0.520. The second-order valence-corrected chi connectivity index (χ2v) is 5.41. The molecule has 0 aromatic heterocycles. The van der Waals surface area contributed by atoms with Gasteiger partial charge in [0.05, 0.1) is 5.54 Å². The van der Waals surface area contributed by atoms with Crippen LogP contribution in [-0.2, 0) is 4.79 Å². The largest absolute Gasteiger partial charge is 0.324 e. The summed E-state index contributed by atoms with van der Waals surface area (Å²) in [5, 5.41) is 6.32. The van der Waals surface area contributed by atoms with Gasteiger partial charge in [0.15, 0.2) is 0 Å². The number of benzene rings is 1. The Bertz CT molecular complexity index is 452. The normalized spacial score (nSPS) is 22.5. The Kier molecular flexibility index (Phi) is 4.42. The number of carbonyl (C=O) groups excluding carboxylic acids is 1. The van der Waals surface area contributed by atoms with E-state index in [0.29, 0.717) is 5.69 Å². The fourth-order valence-electron chi connectivity index (χ4n) is 2.63. The minimum Gasteiger partial charge on any atom is -0.324 e. The van der Waals surface area contributed by atoms with Crippen molar-refractivity contribution in [3.05, 3.63) is 29.0 Å². The molecule has 1 heterocycles. The second kappa shape index (κ2) is 5.88. The van der Waals surface area contributed by atoms with Crippen LogP contribution in [0.25, 0.3) is 0 Å². The van der Waals surface area contributed by atoms with Gasteiger partial charge in [-0.05, 0) is 44.0 Å². The van der Waals surface area contributed by atoms with Crippen LogP contribution >= 0.6 is 11.6 Å². The van der Waals surface area contributed by atoms with Crippen LogP contribution in [0.2, 0.25) is 5.02 Å². The summed E-state index contributed by atoms with van der Waals surface area (Å²) in [5.41, 5.74) is -0.118. The summed E-state index contributed by atoms with van der Waals surface area (Å²) >= 11 is 5.78. The first-order valence-corrected chi connectivity index (χ1v) is 6.96. The Hall–Kier alpha value is -1.13. The molecule has 2 rings (SSSR count). The third-order valence-corrected chi connectivity index (χ3v) is 3.69. The summed E-state index contributed by atoms with van der Waals surface area (Å²) in [7, 11) is 0.